The van der Waals surface area contributed by atoms with Crippen molar-refractivity contribution in [1.29, 1.82) is 0 Å². The first kappa shape index (κ1) is 47.8. The number of anilines is 2. The van der Waals surface area contributed by atoms with Gasteiger partial charge in [-0.15, -0.1) is 0 Å². The number of halogens is 2. The first-order chi connectivity index (χ1) is 31.4. The molecule has 2 fully saturated rings. The average molecular weight is 946 g/mol. The number of amides is 2. The van der Waals surface area contributed by atoms with E-state index in [1.54, 1.807) is 36.4 Å². The number of nitrogens with zero attached hydrogens (tertiary/aromatic N) is 10. The molecule has 352 valence electrons. The van der Waals surface area contributed by atoms with Gasteiger partial charge in [-0.25, -0.2) is 19.0 Å². The van der Waals surface area contributed by atoms with Crippen molar-refractivity contribution in [2.24, 2.45) is 5.41 Å². The average Bonchev–Trinajstić information content (AvgIpc) is 3.92. The van der Waals surface area contributed by atoms with Gasteiger partial charge in [-0.1, -0.05) is 45.0 Å². The number of carbonyl (C=O) groups excluding carboxylic acids is 1. The molecule has 0 saturated carbocycles. The summed E-state index contributed by atoms with van der Waals surface area (Å²) < 4.78 is 19.7. The normalized spacial score (nSPS) is 17.0. The Morgan fingerprint density at radius 3 is 1.58 bits per heavy atom. The molecule has 3 N–H and O–H groups in total. The number of nitrogens with one attached hydrogen (secondary N) is 2. The Labute approximate surface area is 393 Å². The fourth-order valence-electron chi connectivity index (χ4n) is 8.30. The van der Waals surface area contributed by atoms with Crippen molar-refractivity contribution >= 4 is 69.1 Å². The molecule has 4 aromatic heterocycles. The summed E-state index contributed by atoms with van der Waals surface area (Å²) >= 11 is 12.5. The fourth-order valence-corrected chi connectivity index (χ4v) is 8.63. The number of hydrogen-bond donors (Lipinski definition) is 3. The second kappa shape index (κ2) is 20.2. The predicted octanol–water partition coefficient (Wildman–Crippen LogP) is 9.50. The summed E-state index contributed by atoms with van der Waals surface area (Å²) in [4.78, 5) is 45.1. The molecule has 66 heavy (non-hydrogen) atoms. The largest absolute Gasteiger partial charge is 0.497 e. The van der Waals surface area contributed by atoms with Gasteiger partial charge in [-0.2, -0.15) is 30.1 Å². The lowest BCUT2D eigenvalue weighted by molar-refractivity contribution is 0.0186. The predicted molar refractivity (Wildman–Crippen MR) is 254 cm³/mol. The van der Waals surface area contributed by atoms with Gasteiger partial charge in [0.25, 0.3) is 0 Å². The van der Waals surface area contributed by atoms with E-state index in [-0.39, 0.29) is 40.2 Å². The minimum absolute atomic E-state index is 0.0164. The van der Waals surface area contributed by atoms with Crippen LogP contribution >= 0.6 is 23.2 Å². The third kappa shape index (κ3) is 11.4. The van der Waals surface area contributed by atoms with Gasteiger partial charge >= 0.3 is 12.2 Å². The van der Waals surface area contributed by atoms with Gasteiger partial charge in [0.2, 0.25) is 10.6 Å². The van der Waals surface area contributed by atoms with Gasteiger partial charge < -0.3 is 39.8 Å². The smallest absolute Gasteiger partial charge is 0.410 e. The molecule has 2 aliphatic rings. The summed E-state index contributed by atoms with van der Waals surface area (Å²) in [6, 6.07) is 15.6. The van der Waals surface area contributed by atoms with Crippen LogP contribution in [-0.4, -0.2) is 112 Å². The Hall–Kier alpha value is -6.14. The number of carboxylic acid groups (broad SMARTS) is 1. The van der Waals surface area contributed by atoms with E-state index in [0.717, 1.165) is 46.2 Å². The topological polar surface area (TPSA) is 200 Å². The molecule has 2 unspecified atom stereocenters. The van der Waals surface area contributed by atoms with E-state index in [2.05, 4.69) is 61.5 Å². The minimum atomic E-state index is -0.880. The van der Waals surface area contributed by atoms with Crippen molar-refractivity contribution in [1.82, 2.24) is 49.3 Å². The molecule has 0 aliphatic carbocycles. The second-order valence-corrected chi connectivity index (χ2v) is 19.1. The zero-order valence-electron chi connectivity index (χ0n) is 38.6. The third-order valence-corrected chi connectivity index (χ3v) is 12.1. The number of methoxy groups -OCH3 is 2. The highest BCUT2D eigenvalue weighted by Crippen LogP contribution is 2.38. The van der Waals surface area contributed by atoms with E-state index in [0.29, 0.717) is 68.5 Å². The standard InChI is InChI=1S/2C23H29ClN6O3/c1-23(2,3)33-22(31)29-11-9-16(10-12-29)30-20-18(14-26-30)19(27-21(24)28-20)25-13-15-5-7-17(32-4)8-6-15;1-23(2,3)18-11-15(9-10-29(18)22(31)32)30-20-17(13-26-30)19(27-21(24)28-20)25-12-14-5-7-16(33-4)8-6-14/h5-8,14,16H,9-13H2,1-4H3,(H,25,27,28);5-8,13,15,18H,9-12H2,1-4H3,(H,31,32)(H,25,27,28). The Kier molecular flexibility index (Phi) is 14.6. The number of rotatable bonds is 10. The van der Waals surface area contributed by atoms with Gasteiger partial charge in [0.1, 0.15) is 28.7 Å². The van der Waals surface area contributed by atoms with Gasteiger partial charge in [0, 0.05) is 38.8 Å². The molecular formula is C46H58Cl2N12O6. The summed E-state index contributed by atoms with van der Waals surface area (Å²) in [5.74, 6) is 2.86. The lowest BCUT2D eigenvalue weighted by atomic mass is 9.79. The minimum Gasteiger partial charge on any atom is -0.497 e. The number of piperidine rings is 2. The summed E-state index contributed by atoms with van der Waals surface area (Å²) in [5.41, 5.74) is 2.78. The van der Waals surface area contributed by atoms with Crippen molar-refractivity contribution in [2.45, 2.75) is 104 Å². The lowest BCUT2D eigenvalue weighted by Crippen LogP contribution is -2.51. The van der Waals surface area contributed by atoms with Gasteiger partial charge in [-0.3, -0.25) is 0 Å². The highest BCUT2D eigenvalue weighted by atomic mass is 35.5. The number of ether oxygens (including phenoxy) is 3. The van der Waals surface area contributed by atoms with Crippen LogP contribution < -0.4 is 20.1 Å². The Bertz CT molecular complexity index is 2620. The Morgan fingerprint density at radius 1 is 0.697 bits per heavy atom. The maximum Gasteiger partial charge on any atom is 0.410 e. The Morgan fingerprint density at radius 2 is 1.15 bits per heavy atom. The van der Waals surface area contributed by atoms with E-state index in [4.69, 9.17) is 37.4 Å². The summed E-state index contributed by atoms with van der Waals surface area (Å²) in [6.07, 6.45) is 5.18. The first-order valence-electron chi connectivity index (χ1n) is 21.9. The van der Waals surface area contributed by atoms with E-state index in [9.17, 15) is 14.7 Å². The molecule has 2 aromatic carbocycles. The molecule has 6 heterocycles. The quantitative estimate of drug-likeness (QED) is 0.110. The molecule has 2 saturated heterocycles. The third-order valence-electron chi connectivity index (χ3n) is 11.7. The van der Waals surface area contributed by atoms with Crippen LogP contribution in [0.1, 0.15) is 90.4 Å². The van der Waals surface area contributed by atoms with Crippen LogP contribution in [0.15, 0.2) is 60.9 Å². The van der Waals surface area contributed by atoms with Crippen molar-refractivity contribution in [3.63, 3.8) is 0 Å². The molecule has 0 radical (unpaired) electrons. The number of fused-ring (bicyclic) bond motifs is 2. The van der Waals surface area contributed by atoms with Crippen molar-refractivity contribution in [2.75, 3.05) is 44.5 Å². The molecule has 18 nitrogen and oxygen atoms in total. The maximum atomic E-state index is 12.4. The van der Waals surface area contributed by atoms with Crippen LogP contribution in [0.25, 0.3) is 22.1 Å². The highest BCUT2D eigenvalue weighted by molar-refractivity contribution is 6.29. The second-order valence-electron chi connectivity index (χ2n) is 18.5. The maximum absolute atomic E-state index is 12.4. The molecule has 0 spiro atoms. The summed E-state index contributed by atoms with van der Waals surface area (Å²) in [6.45, 7) is 14.6. The van der Waals surface area contributed by atoms with Crippen LogP contribution in [0, 0.1) is 5.41 Å². The van der Waals surface area contributed by atoms with Crippen LogP contribution in [0.4, 0.5) is 21.2 Å². The first-order valence-corrected chi connectivity index (χ1v) is 22.7. The highest BCUT2D eigenvalue weighted by Gasteiger charge is 2.40. The monoisotopic (exact) mass is 944 g/mol. The summed E-state index contributed by atoms with van der Waals surface area (Å²) in [7, 11) is 3.28. The van der Waals surface area contributed by atoms with E-state index < -0.39 is 11.7 Å². The van der Waals surface area contributed by atoms with E-state index in [1.807, 2.05) is 78.7 Å². The van der Waals surface area contributed by atoms with Gasteiger partial charge in [0.15, 0.2) is 11.3 Å². The van der Waals surface area contributed by atoms with Crippen molar-refractivity contribution < 1.29 is 28.9 Å². The zero-order valence-corrected chi connectivity index (χ0v) is 40.1. The molecular weight excluding hydrogens is 887 g/mol. The van der Waals surface area contributed by atoms with Gasteiger partial charge in [0.05, 0.1) is 49.5 Å². The van der Waals surface area contributed by atoms with Crippen LogP contribution in [0.2, 0.25) is 10.6 Å². The molecule has 2 aliphatic heterocycles. The van der Waals surface area contributed by atoms with E-state index in [1.165, 1.54) is 0 Å². The number of benzene rings is 2. The number of carbonyl (C=O) groups is 2. The molecule has 0 bridgehead atoms. The molecule has 6 aromatic rings. The van der Waals surface area contributed by atoms with Crippen molar-refractivity contribution in [3.8, 4) is 11.5 Å². The molecule has 2 atom stereocenters. The van der Waals surface area contributed by atoms with Crippen LogP contribution in [-0.2, 0) is 17.8 Å². The van der Waals surface area contributed by atoms with E-state index >= 15 is 0 Å². The fraction of sp³-hybridized carbons (Fsp3) is 0.478. The number of likely N-dealkylation sites (tertiary alicyclic amines) is 2. The molecule has 20 heteroatoms. The lowest BCUT2D eigenvalue weighted by Gasteiger charge is -2.44. The van der Waals surface area contributed by atoms with Gasteiger partial charge in [-0.05, 0) is 110 Å². The number of hydrogen-bond acceptors (Lipinski definition) is 13. The SMILES string of the molecule is COc1ccc(CNc2nc(Cl)nc3c2cnn3C2CCN(C(=O)O)C(C(C)(C)C)C2)cc1.COc1ccc(CNc2nc(Cl)nc3c2cnn3C2CCN(C(=O)OC(C)(C)C)CC2)cc1. The van der Waals surface area contributed by atoms with Crippen LogP contribution in [0.5, 0.6) is 11.5 Å². The zero-order chi connectivity index (χ0) is 47.3. The summed E-state index contributed by atoms with van der Waals surface area (Å²) in [5, 5.41) is 27.4. The molecule has 2 amide bonds. The van der Waals surface area contributed by atoms with Crippen LogP contribution in [0.3, 0.4) is 0 Å². The Balaban J connectivity index is 0.000000196. The molecule has 8 rings (SSSR count). The number of aromatic nitrogens is 8. The van der Waals surface area contributed by atoms with Crippen molar-refractivity contribution in [3.05, 3.63) is 82.6 Å².